The van der Waals surface area contributed by atoms with Crippen LogP contribution in [0.15, 0.2) is 83.7 Å². The van der Waals surface area contributed by atoms with Gasteiger partial charge in [0.15, 0.2) is 0 Å². The van der Waals surface area contributed by atoms with Crippen molar-refractivity contribution < 1.29 is 34.1 Å². The summed E-state index contributed by atoms with van der Waals surface area (Å²) in [5.41, 5.74) is 7.98. The summed E-state index contributed by atoms with van der Waals surface area (Å²) in [7, 11) is 0. The Balaban J connectivity index is 3.09. The molecule has 0 saturated carbocycles. The second-order valence-electron chi connectivity index (χ2n) is 10.8. The second kappa shape index (κ2) is 20.2. The lowest BCUT2D eigenvalue weighted by Crippen LogP contribution is -2.32. The summed E-state index contributed by atoms with van der Waals surface area (Å²) in [4.78, 5) is 35.8. The number of rotatable bonds is 6. The number of esters is 1. The van der Waals surface area contributed by atoms with E-state index in [0.29, 0.717) is 38.5 Å². The maximum atomic E-state index is 12.6. The van der Waals surface area contributed by atoms with Gasteiger partial charge in [-0.2, -0.15) is 0 Å². The van der Waals surface area contributed by atoms with Crippen LogP contribution in [-0.2, 0) is 19.1 Å². The van der Waals surface area contributed by atoms with Gasteiger partial charge in [-0.25, -0.2) is 9.59 Å². The van der Waals surface area contributed by atoms with E-state index in [4.69, 9.17) is 15.2 Å². The molecule has 5 atom stereocenters. The summed E-state index contributed by atoms with van der Waals surface area (Å²) in [6.07, 6.45) is 17.3. The number of ether oxygens (including phenoxy) is 2. The van der Waals surface area contributed by atoms with Crippen LogP contribution in [0.4, 0.5) is 4.79 Å². The molecule has 0 fully saturated rings. The van der Waals surface area contributed by atoms with E-state index in [1.54, 1.807) is 18.4 Å². The van der Waals surface area contributed by atoms with Gasteiger partial charge in [-0.05, 0) is 65.9 Å². The molecule has 9 nitrogen and oxygen atoms in total. The van der Waals surface area contributed by atoms with Gasteiger partial charge in [0, 0.05) is 30.7 Å². The molecule has 0 radical (unpaired) electrons. The molecule has 1 rings (SSSR count). The van der Waals surface area contributed by atoms with Gasteiger partial charge >= 0.3 is 12.1 Å². The molecule has 42 heavy (non-hydrogen) atoms. The zero-order valence-corrected chi connectivity index (χ0v) is 25.5. The highest BCUT2D eigenvalue weighted by atomic mass is 16.6. The fourth-order valence-electron chi connectivity index (χ4n) is 4.17. The van der Waals surface area contributed by atoms with Crippen molar-refractivity contribution in [1.29, 1.82) is 0 Å². The van der Waals surface area contributed by atoms with Gasteiger partial charge in [-0.3, -0.25) is 4.79 Å². The average molecular weight is 585 g/mol. The smallest absolute Gasteiger partial charge is 0.404 e. The number of nitrogens with one attached hydrogen (secondary N) is 1. The van der Waals surface area contributed by atoms with Crippen molar-refractivity contribution in [3.8, 4) is 0 Å². The molecule has 1 aliphatic heterocycles. The lowest BCUT2D eigenvalue weighted by molar-refractivity contribution is -0.144. The fraction of sp³-hybridized carbons (Fsp3) is 0.485. The Bertz CT molecular complexity index is 1090. The summed E-state index contributed by atoms with van der Waals surface area (Å²) >= 11 is 0. The molecule has 0 saturated heterocycles. The van der Waals surface area contributed by atoms with Crippen LogP contribution in [0.25, 0.3) is 0 Å². The number of carbonyl (C=O) groups is 3. The van der Waals surface area contributed by atoms with E-state index in [1.807, 2.05) is 58.9 Å². The van der Waals surface area contributed by atoms with Gasteiger partial charge in [0.2, 0.25) is 5.91 Å². The monoisotopic (exact) mass is 584 g/mol. The number of aliphatic hydroxyl groups is 2. The predicted octanol–water partition coefficient (Wildman–Crippen LogP) is 5.23. The van der Waals surface area contributed by atoms with Crippen LogP contribution in [-0.4, -0.2) is 52.6 Å². The molecule has 0 aromatic heterocycles. The Morgan fingerprint density at radius 1 is 1.14 bits per heavy atom. The van der Waals surface area contributed by atoms with Crippen LogP contribution >= 0.6 is 0 Å². The largest absolute Gasteiger partial charge is 0.458 e. The molecule has 0 spiro atoms. The zero-order valence-electron chi connectivity index (χ0n) is 25.5. The van der Waals surface area contributed by atoms with Gasteiger partial charge in [-0.15, -0.1) is 0 Å². The molecule has 0 bridgehead atoms. The standard InChI is InChI=1S/C33H48N2O7/c1-23(2)20-31(38)35-19-18-25(4)21-26(5)30-22-24(3)12-8-6-10-14-29(42-33(34)40)28(37)17-16-27(36)13-9-7-11-15-32(39)41-30/h6,8,11-12,15-21,26-30,36-37H,7,9-10,13-14,22H2,1-5H3,(H2,34,40)(H,35,38)/b8-6+,15-11+,17-16+,19-18+,24-12+,25-21+/t26?,27-,28-,29-,30+/m0/s1. The molecule has 0 aromatic rings. The van der Waals surface area contributed by atoms with Gasteiger partial charge in [-0.1, -0.05) is 66.2 Å². The summed E-state index contributed by atoms with van der Waals surface area (Å²) in [6.45, 7) is 9.54. The molecular formula is C33H48N2O7. The maximum absolute atomic E-state index is 12.6. The van der Waals surface area contributed by atoms with Crippen molar-refractivity contribution in [2.24, 2.45) is 11.7 Å². The number of cyclic esters (lactones) is 1. The van der Waals surface area contributed by atoms with Crippen molar-refractivity contribution in [2.75, 3.05) is 0 Å². The highest BCUT2D eigenvalue weighted by Crippen LogP contribution is 2.21. The molecule has 9 heteroatoms. The molecule has 0 aromatic carbocycles. The molecule has 1 unspecified atom stereocenters. The van der Waals surface area contributed by atoms with Crippen molar-refractivity contribution in [1.82, 2.24) is 5.32 Å². The molecule has 1 heterocycles. The number of allylic oxidation sites excluding steroid dienone is 7. The van der Waals surface area contributed by atoms with E-state index in [-0.39, 0.29) is 11.8 Å². The summed E-state index contributed by atoms with van der Waals surface area (Å²) in [6, 6.07) is 0. The highest BCUT2D eigenvalue weighted by molar-refractivity contribution is 5.88. The van der Waals surface area contributed by atoms with Crippen LogP contribution in [0, 0.1) is 5.92 Å². The molecule has 232 valence electrons. The Hall–Kier alpha value is -3.69. The quantitative estimate of drug-likeness (QED) is 0.145. The van der Waals surface area contributed by atoms with Crippen LogP contribution in [0.2, 0.25) is 0 Å². The van der Waals surface area contributed by atoms with Crippen LogP contribution in [0.5, 0.6) is 0 Å². The van der Waals surface area contributed by atoms with E-state index in [1.165, 1.54) is 24.3 Å². The fourth-order valence-corrected chi connectivity index (χ4v) is 4.17. The van der Waals surface area contributed by atoms with Crippen molar-refractivity contribution >= 4 is 18.0 Å². The van der Waals surface area contributed by atoms with Crippen molar-refractivity contribution in [3.63, 3.8) is 0 Å². The molecular weight excluding hydrogens is 536 g/mol. The van der Waals surface area contributed by atoms with Crippen LogP contribution < -0.4 is 11.1 Å². The number of aliphatic hydroxyl groups excluding tert-OH is 2. The number of hydrogen-bond acceptors (Lipinski definition) is 7. The number of carbonyl (C=O) groups excluding carboxylic acids is 3. The zero-order chi connectivity index (χ0) is 31.5. The molecule has 1 aliphatic rings. The van der Waals surface area contributed by atoms with E-state index in [9.17, 15) is 24.6 Å². The van der Waals surface area contributed by atoms with Gasteiger partial charge < -0.3 is 30.7 Å². The first kappa shape index (κ1) is 36.3. The van der Waals surface area contributed by atoms with E-state index in [0.717, 1.165) is 16.7 Å². The number of hydrogen-bond donors (Lipinski definition) is 4. The minimum atomic E-state index is -1.11. The Kier molecular flexibility index (Phi) is 17.5. The lowest BCUT2D eigenvalue weighted by Gasteiger charge is -2.22. The number of nitrogens with two attached hydrogens (primary N) is 1. The summed E-state index contributed by atoms with van der Waals surface area (Å²) in [5, 5.41) is 23.4. The molecule has 5 N–H and O–H groups in total. The minimum absolute atomic E-state index is 0.124. The van der Waals surface area contributed by atoms with E-state index in [2.05, 4.69) is 5.32 Å². The minimum Gasteiger partial charge on any atom is -0.458 e. The van der Waals surface area contributed by atoms with Crippen LogP contribution in [0.3, 0.4) is 0 Å². The van der Waals surface area contributed by atoms with Gasteiger partial charge in [0.25, 0.3) is 0 Å². The Labute approximate surface area is 250 Å². The third-order valence-electron chi connectivity index (χ3n) is 6.33. The number of amides is 2. The highest BCUT2D eigenvalue weighted by Gasteiger charge is 2.21. The third-order valence-corrected chi connectivity index (χ3v) is 6.33. The van der Waals surface area contributed by atoms with Gasteiger partial charge in [0.05, 0.1) is 6.10 Å². The van der Waals surface area contributed by atoms with Gasteiger partial charge in [0.1, 0.15) is 18.3 Å². The SMILES string of the molecule is CC(C)=CC(=O)N/C=C/C(C)=C/C(C)[C@H]1C/C(C)=C/C=C/CC[C@H](OC(N)=O)[C@@H](O)/C=C/[C@@H](O)CCC/C=C/C(=O)O1. The maximum Gasteiger partial charge on any atom is 0.404 e. The molecule has 2 amide bonds. The van der Waals surface area contributed by atoms with Crippen molar-refractivity contribution in [2.45, 2.75) is 97.6 Å². The first-order chi connectivity index (χ1) is 19.9. The number of primary amides is 1. The predicted molar refractivity (Wildman–Crippen MR) is 165 cm³/mol. The van der Waals surface area contributed by atoms with Crippen molar-refractivity contribution in [3.05, 3.63) is 83.7 Å². The lowest BCUT2D eigenvalue weighted by atomic mass is 9.95. The summed E-state index contributed by atoms with van der Waals surface area (Å²) in [5.74, 6) is -0.764. The topological polar surface area (TPSA) is 148 Å². The molecule has 0 aliphatic carbocycles. The first-order valence-corrected chi connectivity index (χ1v) is 14.4. The average Bonchev–Trinajstić information content (AvgIpc) is 2.89. The van der Waals surface area contributed by atoms with E-state index < -0.39 is 36.5 Å². The Morgan fingerprint density at radius 2 is 1.88 bits per heavy atom. The summed E-state index contributed by atoms with van der Waals surface area (Å²) < 4.78 is 10.9. The normalized spacial score (nSPS) is 27.8. The Morgan fingerprint density at radius 3 is 2.57 bits per heavy atom. The first-order valence-electron chi connectivity index (χ1n) is 14.4. The van der Waals surface area contributed by atoms with Crippen LogP contribution in [0.1, 0.15) is 73.1 Å². The third kappa shape index (κ3) is 17.2. The second-order valence-corrected chi connectivity index (χ2v) is 10.8. The van der Waals surface area contributed by atoms with E-state index >= 15 is 0 Å².